The van der Waals surface area contributed by atoms with Crippen LogP contribution in [-0.4, -0.2) is 96.3 Å². The molecule has 0 aromatic heterocycles. The lowest BCUT2D eigenvalue weighted by Gasteiger charge is -2.36. The van der Waals surface area contributed by atoms with Crippen LogP contribution in [0.5, 0.6) is 0 Å². The van der Waals surface area contributed by atoms with E-state index in [4.69, 9.17) is 10.2 Å². The molecule has 1 aliphatic carbocycles. The molecule has 0 fully saturated rings. The molecule has 0 unspecified atom stereocenters. The van der Waals surface area contributed by atoms with E-state index in [1.165, 1.54) is 0 Å². The molecule has 0 amide bonds. The Balaban J connectivity index is 2.20. The highest BCUT2D eigenvalue weighted by atomic mass is 32.2. The van der Waals surface area contributed by atoms with Crippen molar-refractivity contribution in [2.24, 2.45) is 4.99 Å². The van der Waals surface area contributed by atoms with Crippen LogP contribution in [0.25, 0.3) is 0 Å². The molecule has 7 N–H and O–H groups in total. The molecular weight excluding hydrogens is 450 g/mol. The topological polar surface area (TPSA) is 235 Å². The lowest BCUT2D eigenvalue weighted by Crippen LogP contribution is -2.64. The molecule has 0 bridgehead atoms. The summed E-state index contributed by atoms with van der Waals surface area (Å²) in [4.78, 5) is 26.5. The number of hydrogen-bond acceptors (Lipinski definition) is 11. The lowest BCUT2D eigenvalue weighted by molar-refractivity contribution is -0.143. The number of nitrogens with zero attached hydrogens (tertiary/aromatic N) is 2. The zero-order valence-corrected chi connectivity index (χ0v) is 16.9. The summed E-state index contributed by atoms with van der Waals surface area (Å²) in [5.74, 6) is -2.69. The minimum absolute atomic E-state index is 0.102. The van der Waals surface area contributed by atoms with Gasteiger partial charge in [-0.05, 0) is 12.8 Å². The molecule has 0 aromatic rings. The maximum atomic E-state index is 11.6. The molecule has 0 saturated heterocycles. The van der Waals surface area contributed by atoms with Gasteiger partial charge < -0.3 is 20.8 Å². The van der Waals surface area contributed by atoms with E-state index in [0.29, 0.717) is 0 Å². The number of guanidine groups is 1. The summed E-state index contributed by atoms with van der Waals surface area (Å²) < 4.78 is 64.8. The van der Waals surface area contributed by atoms with Crippen molar-refractivity contribution in [3.8, 4) is 0 Å². The van der Waals surface area contributed by atoms with Crippen molar-refractivity contribution in [3.05, 3.63) is 11.0 Å². The third-order valence-electron chi connectivity index (χ3n) is 4.29. The number of carboxylic acids is 2. The number of aliphatic carboxylic acids is 2. The Bertz CT molecular complexity index is 945. The zero-order valence-electron chi connectivity index (χ0n) is 15.3. The van der Waals surface area contributed by atoms with Crippen LogP contribution in [0.1, 0.15) is 12.8 Å². The van der Waals surface area contributed by atoms with E-state index in [2.05, 4.69) is 20.9 Å². The molecule has 2 rings (SSSR count). The molecule has 1 aliphatic heterocycles. The predicted octanol–water partition coefficient (Wildman–Crippen LogP) is -2.97. The number of allylic oxidation sites excluding steroid dienone is 1. The van der Waals surface area contributed by atoms with Crippen LogP contribution >= 0.6 is 0 Å². The number of carboxylic acid groups (broad SMARTS) is 2. The summed E-state index contributed by atoms with van der Waals surface area (Å²) in [5, 5.41) is 24.6. The fraction of sp³-hybridized carbons (Fsp3) is 0.615. The van der Waals surface area contributed by atoms with Crippen molar-refractivity contribution >= 4 is 38.1 Å². The maximum absolute atomic E-state index is 11.6. The molecule has 1 heterocycles. The second-order valence-corrected chi connectivity index (χ2v) is 9.61. The molecule has 3 atom stereocenters. The van der Waals surface area contributed by atoms with Crippen LogP contribution in [0.15, 0.2) is 16.0 Å². The summed E-state index contributed by atoms with van der Waals surface area (Å²) in [6.07, 6.45) is -0.787. The first-order valence-corrected chi connectivity index (χ1v) is 11.3. The van der Waals surface area contributed by atoms with Gasteiger partial charge in [0.25, 0.3) is 20.2 Å². The van der Waals surface area contributed by atoms with Crippen molar-refractivity contribution in [3.63, 3.8) is 0 Å². The highest BCUT2D eigenvalue weighted by Gasteiger charge is 2.37. The highest BCUT2D eigenvalue weighted by molar-refractivity contribution is 7.90. The van der Waals surface area contributed by atoms with E-state index < -0.39 is 74.2 Å². The van der Waals surface area contributed by atoms with Gasteiger partial charge in [0.1, 0.15) is 6.29 Å². The van der Waals surface area contributed by atoms with E-state index in [-0.39, 0.29) is 19.0 Å². The Labute approximate surface area is 171 Å². The van der Waals surface area contributed by atoms with E-state index in [9.17, 15) is 35.5 Å². The standard InChI is InChI=1S/C13H21N5O10S2/c19-10(20)4-18(5-11(21)22)13-15-6-14-12(17-13)16-8-3-7(29(23,24)25)1-2-9(8)30(26,27)28/h2,7-8,13,15H,1,3-6H2,(H,19,20)(H,21,22)(H2,14,16,17)(H,23,24,25)(H,26,27,28)/t7-,8-,13+/m1/s1. The number of carbonyl (C=O) groups is 2. The minimum Gasteiger partial charge on any atom is -0.480 e. The normalized spacial score (nSPS) is 25.1. The van der Waals surface area contributed by atoms with E-state index in [1.54, 1.807) is 0 Å². The second kappa shape index (κ2) is 9.23. The summed E-state index contributed by atoms with van der Waals surface area (Å²) >= 11 is 0. The van der Waals surface area contributed by atoms with E-state index >= 15 is 0 Å². The van der Waals surface area contributed by atoms with Gasteiger partial charge >= 0.3 is 11.9 Å². The second-order valence-electron chi connectivity index (χ2n) is 6.50. The molecule has 15 nitrogen and oxygen atoms in total. The van der Waals surface area contributed by atoms with Gasteiger partial charge in [0.15, 0.2) is 5.96 Å². The zero-order chi connectivity index (χ0) is 22.7. The number of hydrogen-bond donors (Lipinski definition) is 7. The third kappa shape index (κ3) is 6.61. The van der Waals surface area contributed by atoms with Crippen LogP contribution in [-0.2, 0) is 29.8 Å². The van der Waals surface area contributed by atoms with E-state index in [1.807, 2.05) is 0 Å². The van der Waals surface area contributed by atoms with Gasteiger partial charge in [-0.2, -0.15) is 16.8 Å². The van der Waals surface area contributed by atoms with Gasteiger partial charge in [-0.15, -0.1) is 0 Å². The largest absolute Gasteiger partial charge is 0.480 e. The van der Waals surface area contributed by atoms with Crippen LogP contribution in [0.4, 0.5) is 0 Å². The molecule has 0 aromatic carbocycles. The monoisotopic (exact) mass is 471 g/mol. The van der Waals surface area contributed by atoms with Crippen LogP contribution < -0.4 is 16.0 Å². The molecule has 0 radical (unpaired) electrons. The smallest absolute Gasteiger partial charge is 0.317 e. The Morgan fingerprint density at radius 1 is 1.17 bits per heavy atom. The first-order chi connectivity index (χ1) is 13.8. The van der Waals surface area contributed by atoms with Crippen molar-refractivity contribution < 1.29 is 45.7 Å². The fourth-order valence-corrected chi connectivity index (χ4v) is 4.62. The van der Waals surface area contributed by atoms with Crippen LogP contribution in [0.3, 0.4) is 0 Å². The molecule has 30 heavy (non-hydrogen) atoms. The maximum Gasteiger partial charge on any atom is 0.317 e. The number of rotatable bonds is 8. The fourth-order valence-electron chi connectivity index (χ4n) is 3.02. The van der Waals surface area contributed by atoms with Crippen LogP contribution in [0, 0.1) is 0 Å². The first kappa shape index (κ1) is 24.0. The van der Waals surface area contributed by atoms with Crippen LogP contribution in [0.2, 0.25) is 0 Å². The van der Waals surface area contributed by atoms with Gasteiger partial charge in [0.2, 0.25) is 0 Å². The summed E-state index contributed by atoms with van der Waals surface area (Å²) in [6, 6.07) is -1.28. The summed E-state index contributed by atoms with van der Waals surface area (Å²) in [7, 11) is -9.19. The molecular formula is C13H21N5O10S2. The van der Waals surface area contributed by atoms with E-state index in [0.717, 1.165) is 11.0 Å². The first-order valence-electron chi connectivity index (χ1n) is 8.39. The van der Waals surface area contributed by atoms with Gasteiger partial charge in [0.05, 0.1) is 36.0 Å². The average Bonchev–Trinajstić information content (AvgIpc) is 2.59. The molecule has 17 heteroatoms. The molecule has 0 saturated carbocycles. The summed E-state index contributed by atoms with van der Waals surface area (Å²) in [5.41, 5.74) is 0. The number of aliphatic imine (C=N–C) groups is 1. The highest BCUT2D eigenvalue weighted by Crippen LogP contribution is 2.26. The van der Waals surface area contributed by atoms with Crippen molar-refractivity contribution in [1.82, 2.24) is 20.9 Å². The SMILES string of the molecule is O=C(O)CN(CC(=O)O)[C@H]1NCN=C(N[C@@H]2C[C@H](S(=O)(=O)O)CC=C2S(=O)(=O)O)N1. The molecule has 2 aliphatic rings. The Morgan fingerprint density at radius 2 is 1.77 bits per heavy atom. The Hall–Kier alpha value is -2.31. The Kier molecular flexibility index (Phi) is 7.37. The van der Waals surface area contributed by atoms with Crippen molar-refractivity contribution in [2.75, 3.05) is 19.8 Å². The Morgan fingerprint density at radius 3 is 2.27 bits per heavy atom. The van der Waals surface area contributed by atoms with Gasteiger partial charge in [-0.1, -0.05) is 6.08 Å². The molecule has 0 spiro atoms. The average molecular weight is 471 g/mol. The quantitative estimate of drug-likeness (QED) is 0.175. The van der Waals surface area contributed by atoms with Gasteiger partial charge in [0, 0.05) is 0 Å². The predicted molar refractivity (Wildman–Crippen MR) is 100 cm³/mol. The number of nitrogens with one attached hydrogen (secondary N) is 3. The van der Waals surface area contributed by atoms with Gasteiger partial charge in [-0.3, -0.25) is 24.0 Å². The summed E-state index contributed by atoms with van der Waals surface area (Å²) in [6.45, 7) is -1.40. The minimum atomic E-state index is -4.70. The van der Waals surface area contributed by atoms with Crippen molar-refractivity contribution in [1.29, 1.82) is 0 Å². The van der Waals surface area contributed by atoms with Gasteiger partial charge in [-0.25, -0.2) is 9.89 Å². The van der Waals surface area contributed by atoms with Crippen molar-refractivity contribution in [2.45, 2.75) is 30.4 Å². The third-order valence-corrected chi connectivity index (χ3v) is 6.57. The molecule has 170 valence electrons. The lowest BCUT2D eigenvalue weighted by atomic mass is 10.0.